The fraction of sp³-hybridized carbons (Fsp3) is 0.400. The van der Waals surface area contributed by atoms with Crippen LogP contribution in [0, 0.1) is 0 Å². The summed E-state index contributed by atoms with van der Waals surface area (Å²) in [7, 11) is 0. The van der Waals surface area contributed by atoms with Crippen LogP contribution in [0.1, 0.15) is 43.5 Å². The van der Waals surface area contributed by atoms with E-state index in [1.807, 2.05) is 31.2 Å². The van der Waals surface area contributed by atoms with E-state index in [0.29, 0.717) is 30.6 Å². The maximum absolute atomic E-state index is 13.2. The molecule has 168 valence electrons. The minimum absolute atomic E-state index is 0.0153. The molecular formula is C25H30N4O3. The quantitative estimate of drug-likeness (QED) is 0.649. The first-order valence-electron chi connectivity index (χ1n) is 11.3. The Kier molecular flexibility index (Phi) is 6.17. The van der Waals surface area contributed by atoms with E-state index in [1.54, 1.807) is 28.0 Å². The summed E-state index contributed by atoms with van der Waals surface area (Å²) in [6, 6.07) is 17.3. The molecule has 7 nitrogen and oxygen atoms in total. The molecule has 7 heteroatoms. The summed E-state index contributed by atoms with van der Waals surface area (Å²) in [5.41, 5.74) is 1.46. The van der Waals surface area contributed by atoms with Gasteiger partial charge in [-0.2, -0.15) is 0 Å². The van der Waals surface area contributed by atoms with Crippen molar-refractivity contribution in [1.82, 2.24) is 10.2 Å². The third-order valence-corrected chi connectivity index (χ3v) is 6.48. The van der Waals surface area contributed by atoms with Gasteiger partial charge in [-0.1, -0.05) is 30.3 Å². The predicted octanol–water partition coefficient (Wildman–Crippen LogP) is 3.02. The highest BCUT2D eigenvalue weighted by Gasteiger charge is 2.53. The number of hydrogen-bond donors (Lipinski definition) is 1. The average Bonchev–Trinajstić information content (AvgIpc) is 3.12. The number of para-hydroxylation sites is 2. The van der Waals surface area contributed by atoms with Crippen LogP contribution in [0.3, 0.4) is 0 Å². The number of fused-ring (bicyclic) bond motifs is 3. The fourth-order valence-electron chi connectivity index (χ4n) is 4.75. The second kappa shape index (κ2) is 9.02. The summed E-state index contributed by atoms with van der Waals surface area (Å²) in [5.74, 6) is -0.426. The third kappa shape index (κ3) is 3.95. The van der Waals surface area contributed by atoms with E-state index in [-0.39, 0.29) is 24.3 Å². The van der Waals surface area contributed by atoms with Crippen LogP contribution in [0.5, 0.6) is 0 Å². The van der Waals surface area contributed by atoms with E-state index in [4.69, 9.17) is 0 Å². The van der Waals surface area contributed by atoms with Crippen LogP contribution < -0.4 is 15.1 Å². The summed E-state index contributed by atoms with van der Waals surface area (Å²) in [5, 5.41) is 2.95. The number of benzene rings is 2. The predicted molar refractivity (Wildman–Crippen MR) is 125 cm³/mol. The molecule has 1 fully saturated rings. The van der Waals surface area contributed by atoms with Gasteiger partial charge in [-0.3, -0.25) is 19.3 Å². The number of hydrogen-bond acceptors (Lipinski definition) is 4. The van der Waals surface area contributed by atoms with Crippen molar-refractivity contribution in [1.29, 1.82) is 0 Å². The Bertz CT molecular complexity index is 1010. The maximum atomic E-state index is 13.2. The minimum Gasteiger partial charge on any atom is -0.372 e. The Balaban J connectivity index is 1.38. The van der Waals surface area contributed by atoms with Gasteiger partial charge in [0, 0.05) is 31.7 Å². The largest absolute Gasteiger partial charge is 0.372 e. The second-order valence-corrected chi connectivity index (χ2v) is 8.47. The lowest BCUT2D eigenvalue weighted by Crippen LogP contribution is -2.63. The molecule has 0 aromatic heterocycles. The molecule has 1 N–H and O–H groups in total. The zero-order chi connectivity index (χ0) is 22.7. The van der Waals surface area contributed by atoms with Crippen LogP contribution in [0.15, 0.2) is 54.6 Å². The van der Waals surface area contributed by atoms with Crippen molar-refractivity contribution >= 4 is 29.1 Å². The first kappa shape index (κ1) is 21.9. The molecule has 0 saturated carbocycles. The number of carbonyl (C=O) groups excluding carboxylic acids is 3. The van der Waals surface area contributed by atoms with Gasteiger partial charge in [-0.15, -0.1) is 0 Å². The van der Waals surface area contributed by atoms with Gasteiger partial charge in [-0.25, -0.2) is 0 Å². The highest BCUT2D eigenvalue weighted by molar-refractivity contribution is 6.11. The van der Waals surface area contributed by atoms with Crippen LogP contribution >= 0.6 is 0 Å². The zero-order valence-electron chi connectivity index (χ0n) is 18.7. The van der Waals surface area contributed by atoms with Crippen molar-refractivity contribution in [2.24, 2.45) is 0 Å². The van der Waals surface area contributed by atoms with Crippen LogP contribution in [0.2, 0.25) is 0 Å². The van der Waals surface area contributed by atoms with Gasteiger partial charge in [-0.05, 0) is 51.0 Å². The maximum Gasteiger partial charge on any atom is 0.258 e. The lowest BCUT2D eigenvalue weighted by molar-refractivity contribution is -0.124. The average molecular weight is 435 g/mol. The molecule has 0 spiro atoms. The number of nitrogens with one attached hydrogen (secondary N) is 1. The van der Waals surface area contributed by atoms with Crippen molar-refractivity contribution in [3.8, 4) is 0 Å². The molecule has 2 aromatic rings. The van der Waals surface area contributed by atoms with Crippen molar-refractivity contribution in [3.63, 3.8) is 0 Å². The van der Waals surface area contributed by atoms with Gasteiger partial charge in [0.15, 0.2) is 0 Å². The highest BCUT2D eigenvalue weighted by Crippen LogP contribution is 2.43. The Hall–Kier alpha value is -3.35. The topological polar surface area (TPSA) is 73.0 Å². The Morgan fingerprint density at radius 3 is 2.56 bits per heavy atom. The summed E-state index contributed by atoms with van der Waals surface area (Å²) in [6.45, 7) is 6.17. The minimum atomic E-state index is -0.813. The fourth-order valence-corrected chi connectivity index (χ4v) is 4.75. The molecule has 32 heavy (non-hydrogen) atoms. The highest BCUT2D eigenvalue weighted by atomic mass is 16.2. The molecule has 0 aliphatic carbocycles. The van der Waals surface area contributed by atoms with E-state index in [1.165, 1.54) is 0 Å². The first-order chi connectivity index (χ1) is 15.5. The lowest BCUT2D eigenvalue weighted by Gasteiger charge is -2.48. The normalized spacial score (nSPS) is 19.6. The molecular weight excluding hydrogens is 404 g/mol. The summed E-state index contributed by atoms with van der Waals surface area (Å²) < 4.78 is 0. The molecule has 2 aromatic carbocycles. The van der Waals surface area contributed by atoms with Crippen molar-refractivity contribution in [2.75, 3.05) is 36.0 Å². The molecule has 3 amide bonds. The van der Waals surface area contributed by atoms with E-state index in [9.17, 15) is 14.4 Å². The Morgan fingerprint density at radius 1 is 1.09 bits per heavy atom. The van der Waals surface area contributed by atoms with Gasteiger partial charge >= 0.3 is 0 Å². The second-order valence-electron chi connectivity index (χ2n) is 8.47. The van der Waals surface area contributed by atoms with E-state index in [0.717, 1.165) is 25.2 Å². The zero-order valence-corrected chi connectivity index (χ0v) is 18.7. The number of nitrogens with zero attached hydrogens (tertiary/aromatic N) is 3. The van der Waals surface area contributed by atoms with E-state index in [2.05, 4.69) is 29.3 Å². The van der Waals surface area contributed by atoms with Crippen LogP contribution in [-0.2, 0) is 9.59 Å². The van der Waals surface area contributed by atoms with Crippen LogP contribution in [-0.4, -0.2) is 54.5 Å². The van der Waals surface area contributed by atoms with Crippen molar-refractivity contribution < 1.29 is 14.4 Å². The van der Waals surface area contributed by atoms with Gasteiger partial charge in [0.1, 0.15) is 12.2 Å². The standard InChI is InChI=1S/C25H30N4O3/c1-3-27(19-10-5-4-6-11-19)17-9-16-26-22(30)18-28-24(32)20-12-7-8-13-21(20)29-23(31)14-15-25(28,29)2/h4-8,10-13H,3,9,14-18H2,1-2H3,(H,26,30). The van der Waals surface area contributed by atoms with Crippen LogP contribution in [0.25, 0.3) is 0 Å². The van der Waals surface area contributed by atoms with Gasteiger partial charge in [0.05, 0.1) is 11.3 Å². The molecule has 1 unspecified atom stereocenters. The molecule has 2 aliphatic rings. The Labute approximate surface area is 189 Å². The lowest BCUT2D eigenvalue weighted by atomic mass is 9.98. The number of anilines is 2. The van der Waals surface area contributed by atoms with Crippen LogP contribution in [0.4, 0.5) is 11.4 Å². The summed E-state index contributed by atoms with van der Waals surface area (Å²) in [6.07, 6.45) is 1.68. The molecule has 4 rings (SSSR count). The molecule has 0 bridgehead atoms. The number of amides is 3. The number of rotatable bonds is 8. The molecule has 2 aliphatic heterocycles. The van der Waals surface area contributed by atoms with Gasteiger partial charge < -0.3 is 15.1 Å². The molecule has 2 heterocycles. The third-order valence-electron chi connectivity index (χ3n) is 6.48. The van der Waals surface area contributed by atoms with E-state index >= 15 is 0 Å². The number of carbonyl (C=O) groups is 3. The summed E-state index contributed by atoms with van der Waals surface area (Å²) >= 11 is 0. The Morgan fingerprint density at radius 2 is 1.81 bits per heavy atom. The monoisotopic (exact) mass is 434 g/mol. The molecule has 1 atom stereocenters. The van der Waals surface area contributed by atoms with Gasteiger partial charge in [0.25, 0.3) is 5.91 Å². The van der Waals surface area contributed by atoms with Crippen molar-refractivity contribution in [2.45, 2.75) is 38.8 Å². The van der Waals surface area contributed by atoms with E-state index < -0.39 is 5.66 Å². The SMILES string of the molecule is CCN(CCCNC(=O)CN1C(=O)c2ccccc2N2C(=O)CCC12C)c1ccccc1. The molecule has 1 saturated heterocycles. The summed E-state index contributed by atoms with van der Waals surface area (Å²) in [4.78, 5) is 44.1. The van der Waals surface area contributed by atoms with Crippen molar-refractivity contribution in [3.05, 3.63) is 60.2 Å². The van der Waals surface area contributed by atoms with Gasteiger partial charge in [0.2, 0.25) is 11.8 Å². The molecule has 0 radical (unpaired) electrons. The smallest absolute Gasteiger partial charge is 0.258 e. The first-order valence-corrected chi connectivity index (χ1v) is 11.3.